The zero-order valence-electron chi connectivity index (χ0n) is 9.88. The molecule has 0 fully saturated rings. The minimum Gasteiger partial charge on any atom is -0.507 e. The number of amides is 1. The van der Waals surface area contributed by atoms with E-state index in [0.717, 1.165) is 6.07 Å². The summed E-state index contributed by atoms with van der Waals surface area (Å²) in [6.45, 7) is 1.66. The van der Waals surface area contributed by atoms with Gasteiger partial charge in [-0.1, -0.05) is 5.16 Å². The van der Waals surface area contributed by atoms with E-state index in [0.29, 0.717) is 5.56 Å². The Morgan fingerprint density at radius 2 is 2.11 bits per heavy atom. The standard InChI is InChI=1S/C12H10N2O5/c1-6-5-13-19-10(6)11(16)14-7-2-3-9(15)8(4-7)12(17)18/h2-5,15H,1H3,(H,14,16)(H,17,18). The van der Waals surface area contributed by atoms with E-state index in [1.165, 1.54) is 18.3 Å². The van der Waals surface area contributed by atoms with Crippen LogP contribution in [-0.4, -0.2) is 27.2 Å². The summed E-state index contributed by atoms with van der Waals surface area (Å²) in [5.41, 5.74) is 0.498. The SMILES string of the molecule is Cc1cnoc1C(=O)Nc1ccc(O)c(C(=O)O)c1. The lowest BCUT2D eigenvalue weighted by Crippen LogP contribution is -2.12. The molecule has 98 valence electrons. The first kappa shape index (κ1) is 12.6. The van der Waals surface area contributed by atoms with Gasteiger partial charge in [0, 0.05) is 11.3 Å². The molecular formula is C12H10N2O5. The van der Waals surface area contributed by atoms with Crippen molar-refractivity contribution >= 4 is 17.6 Å². The molecule has 0 bridgehead atoms. The van der Waals surface area contributed by atoms with Gasteiger partial charge in [-0.05, 0) is 25.1 Å². The topological polar surface area (TPSA) is 113 Å². The summed E-state index contributed by atoms with van der Waals surface area (Å²) in [6.07, 6.45) is 1.40. The number of aromatic hydroxyl groups is 1. The molecule has 1 aromatic carbocycles. The van der Waals surface area contributed by atoms with Gasteiger partial charge in [-0.3, -0.25) is 4.79 Å². The van der Waals surface area contributed by atoms with Gasteiger partial charge < -0.3 is 20.1 Å². The number of nitrogens with one attached hydrogen (secondary N) is 1. The molecule has 0 radical (unpaired) electrons. The number of rotatable bonds is 3. The Labute approximate surface area is 107 Å². The van der Waals surface area contributed by atoms with Crippen LogP contribution in [-0.2, 0) is 0 Å². The quantitative estimate of drug-likeness (QED) is 0.725. The maximum atomic E-state index is 11.8. The number of carboxylic acids is 1. The highest BCUT2D eigenvalue weighted by Crippen LogP contribution is 2.22. The van der Waals surface area contributed by atoms with Crippen molar-refractivity contribution in [3.8, 4) is 5.75 Å². The van der Waals surface area contributed by atoms with Crippen LogP contribution >= 0.6 is 0 Å². The molecule has 0 unspecified atom stereocenters. The number of aromatic carboxylic acids is 1. The van der Waals surface area contributed by atoms with Gasteiger partial charge in [0.05, 0.1) is 6.20 Å². The molecule has 0 atom stereocenters. The summed E-state index contributed by atoms with van der Waals surface area (Å²) in [5, 5.41) is 24.1. The third-order valence-corrected chi connectivity index (χ3v) is 2.44. The molecule has 0 saturated heterocycles. The Balaban J connectivity index is 2.25. The lowest BCUT2D eigenvalue weighted by molar-refractivity contribution is 0.0693. The number of carboxylic acid groups (broad SMARTS) is 1. The molecule has 1 aromatic heterocycles. The normalized spacial score (nSPS) is 10.2. The molecule has 2 aromatic rings. The summed E-state index contributed by atoms with van der Waals surface area (Å²) in [4.78, 5) is 22.6. The van der Waals surface area contributed by atoms with Gasteiger partial charge in [0.25, 0.3) is 5.91 Å². The number of benzene rings is 1. The molecule has 3 N–H and O–H groups in total. The van der Waals surface area contributed by atoms with E-state index < -0.39 is 11.9 Å². The van der Waals surface area contributed by atoms with Gasteiger partial charge in [0.15, 0.2) is 0 Å². The Bertz CT molecular complexity index is 647. The molecule has 1 heterocycles. The van der Waals surface area contributed by atoms with Gasteiger partial charge >= 0.3 is 5.97 Å². The molecule has 2 rings (SSSR count). The lowest BCUT2D eigenvalue weighted by atomic mass is 10.1. The van der Waals surface area contributed by atoms with Crippen molar-refractivity contribution < 1.29 is 24.3 Å². The monoisotopic (exact) mass is 262 g/mol. The lowest BCUT2D eigenvalue weighted by Gasteiger charge is -2.05. The first-order valence-electron chi connectivity index (χ1n) is 5.28. The van der Waals surface area contributed by atoms with Crippen LogP contribution in [0.5, 0.6) is 5.75 Å². The number of aromatic nitrogens is 1. The average Bonchev–Trinajstić information content (AvgIpc) is 2.77. The first-order valence-corrected chi connectivity index (χ1v) is 5.28. The second-order valence-corrected chi connectivity index (χ2v) is 3.83. The molecule has 0 aliphatic heterocycles. The van der Waals surface area contributed by atoms with Crippen molar-refractivity contribution in [2.75, 3.05) is 5.32 Å². The van der Waals surface area contributed by atoms with Crippen molar-refractivity contribution in [1.29, 1.82) is 0 Å². The van der Waals surface area contributed by atoms with E-state index in [9.17, 15) is 14.7 Å². The van der Waals surface area contributed by atoms with E-state index in [-0.39, 0.29) is 22.8 Å². The Morgan fingerprint density at radius 3 is 2.68 bits per heavy atom. The largest absolute Gasteiger partial charge is 0.507 e. The van der Waals surface area contributed by atoms with Crippen LogP contribution < -0.4 is 5.32 Å². The third kappa shape index (κ3) is 2.54. The van der Waals surface area contributed by atoms with Crippen LogP contribution in [0.4, 0.5) is 5.69 Å². The molecule has 0 aliphatic carbocycles. The van der Waals surface area contributed by atoms with Crippen molar-refractivity contribution in [3.63, 3.8) is 0 Å². The number of nitrogens with zero attached hydrogens (tertiary/aromatic N) is 1. The number of hydrogen-bond acceptors (Lipinski definition) is 5. The molecule has 7 nitrogen and oxygen atoms in total. The van der Waals surface area contributed by atoms with E-state index in [4.69, 9.17) is 9.63 Å². The van der Waals surface area contributed by atoms with Gasteiger partial charge in [0.1, 0.15) is 11.3 Å². The van der Waals surface area contributed by atoms with Crippen LogP contribution in [0.15, 0.2) is 28.9 Å². The maximum Gasteiger partial charge on any atom is 0.339 e. The zero-order valence-corrected chi connectivity index (χ0v) is 9.88. The van der Waals surface area contributed by atoms with E-state index in [1.807, 2.05) is 0 Å². The van der Waals surface area contributed by atoms with Gasteiger partial charge in [-0.15, -0.1) is 0 Å². The van der Waals surface area contributed by atoms with Crippen LogP contribution in [0.1, 0.15) is 26.5 Å². The summed E-state index contributed by atoms with van der Waals surface area (Å²) < 4.78 is 4.77. The predicted molar refractivity (Wildman–Crippen MR) is 64.3 cm³/mol. The van der Waals surface area contributed by atoms with Crippen molar-refractivity contribution in [2.24, 2.45) is 0 Å². The fraction of sp³-hybridized carbons (Fsp3) is 0.0833. The minimum absolute atomic E-state index is 0.0463. The number of aryl methyl sites for hydroxylation is 1. The first-order chi connectivity index (χ1) is 8.99. The molecule has 1 amide bonds. The second kappa shape index (κ2) is 4.81. The van der Waals surface area contributed by atoms with Crippen LogP contribution in [0, 0.1) is 6.92 Å². The fourth-order valence-corrected chi connectivity index (χ4v) is 1.48. The molecule has 0 spiro atoms. The summed E-state index contributed by atoms with van der Waals surface area (Å²) in [6, 6.07) is 3.72. The zero-order chi connectivity index (χ0) is 14.0. The van der Waals surface area contributed by atoms with Crippen LogP contribution in [0.25, 0.3) is 0 Å². The van der Waals surface area contributed by atoms with Gasteiger partial charge in [0.2, 0.25) is 5.76 Å². The predicted octanol–water partition coefficient (Wildman–Crippen LogP) is 1.64. The minimum atomic E-state index is -1.29. The summed E-state index contributed by atoms with van der Waals surface area (Å²) in [5.74, 6) is -2.16. The summed E-state index contributed by atoms with van der Waals surface area (Å²) in [7, 11) is 0. The highest BCUT2D eigenvalue weighted by atomic mass is 16.5. The fourth-order valence-electron chi connectivity index (χ4n) is 1.48. The smallest absolute Gasteiger partial charge is 0.339 e. The highest BCUT2D eigenvalue weighted by Gasteiger charge is 2.16. The van der Waals surface area contributed by atoms with E-state index in [2.05, 4.69) is 10.5 Å². The highest BCUT2D eigenvalue weighted by molar-refractivity contribution is 6.04. The Kier molecular flexibility index (Phi) is 3.19. The van der Waals surface area contributed by atoms with Gasteiger partial charge in [-0.2, -0.15) is 0 Å². The maximum absolute atomic E-state index is 11.8. The van der Waals surface area contributed by atoms with Crippen molar-refractivity contribution in [2.45, 2.75) is 6.92 Å². The van der Waals surface area contributed by atoms with Crippen LogP contribution in [0.2, 0.25) is 0 Å². The van der Waals surface area contributed by atoms with E-state index in [1.54, 1.807) is 6.92 Å². The van der Waals surface area contributed by atoms with Crippen LogP contribution in [0.3, 0.4) is 0 Å². The molecule has 7 heteroatoms. The molecule has 19 heavy (non-hydrogen) atoms. The number of anilines is 1. The second-order valence-electron chi connectivity index (χ2n) is 3.83. The van der Waals surface area contributed by atoms with Crippen molar-refractivity contribution in [1.82, 2.24) is 5.16 Å². The number of phenols is 1. The Hall–Kier alpha value is -2.83. The summed E-state index contributed by atoms with van der Waals surface area (Å²) >= 11 is 0. The Morgan fingerprint density at radius 1 is 1.37 bits per heavy atom. The molecular weight excluding hydrogens is 252 g/mol. The van der Waals surface area contributed by atoms with E-state index >= 15 is 0 Å². The average molecular weight is 262 g/mol. The van der Waals surface area contributed by atoms with Crippen molar-refractivity contribution in [3.05, 3.63) is 41.3 Å². The van der Waals surface area contributed by atoms with Gasteiger partial charge in [-0.25, -0.2) is 4.79 Å². The number of hydrogen-bond donors (Lipinski definition) is 3. The molecule has 0 saturated carbocycles. The third-order valence-electron chi connectivity index (χ3n) is 2.44. The number of carbonyl (C=O) groups excluding carboxylic acids is 1. The number of carbonyl (C=O) groups is 2. The molecule has 0 aliphatic rings.